The molecule has 4 nitrogen and oxygen atoms in total. The minimum absolute atomic E-state index is 0.157. The van der Waals surface area contributed by atoms with Gasteiger partial charge in [-0.15, -0.1) is 0 Å². The van der Waals surface area contributed by atoms with Gasteiger partial charge in [-0.1, -0.05) is 19.6 Å². The predicted molar refractivity (Wildman–Crippen MR) is 86.5 cm³/mol. The third-order valence-corrected chi connectivity index (χ3v) is 6.36. The highest BCUT2D eigenvalue weighted by molar-refractivity contribution is 6.77. The fourth-order valence-electron chi connectivity index (χ4n) is 2.64. The molecule has 1 saturated heterocycles. The predicted octanol–water partition coefficient (Wildman–Crippen LogP) is 3.54. The summed E-state index contributed by atoms with van der Waals surface area (Å²) in [5, 5.41) is 0. The van der Waals surface area contributed by atoms with E-state index < -0.39 is 13.7 Å². The summed E-state index contributed by atoms with van der Waals surface area (Å²) < 4.78 is 5.61. The van der Waals surface area contributed by atoms with Crippen molar-refractivity contribution in [3.05, 3.63) is 0 Å². The molecule has 1 atom stereocenters. The van der Waals surface area contributed by atoms with Gasteiger partial charge in [0.2, 0.25) is 0 Å². The van der Waals surface area contributed by atoms with E-state index in [-0.39, 0.29) is 6.09 Å². The quantitative estimate of drug-likeness (QED) is 0.731. The normalized spacial score (nSPS) is 22.2. The van der Waals surface area contributed by atoms with Crippen LogP contribution in [0.1, 0.15) is 41.0 Å². The molecule has 1 aliphatic rings. The number of carbonyl (C=O) groups excluding carboxylic acids is 1. The molecule has 0 N–H and O–H groups in total. The molecule has 0 bridgehead atoms. The van der Waals surface area contributed by atoms with E-state index in [1.54, 1.807) is 0 Å². The lowest BCUT2D eigenvalue weighted by molar-refractivity contribution is -0.0103. The standard InChI is InChI=1S/C15H32N2O2Si/c1-12(2)16-10-9-13(20(6,7)8)17(11-16)14(18)19-15(3,4)5/h12-13H,9-11H2,1-8H3. The van der Waals surface area contributed by atoms with Crippen molar-refractivity contribution >= 4 is 14.2 Å². The van der Waals surface area contributed by atoms with E-state index in [2.05, 4.69) is 38.4 Å². The molecule has 1 amide bonds. The van der Waals surface area contributed by atoms with E-state index in [0.29, 0.717) is 18.4 Å². The second-order valence-electron chi connectivity index (χ2n) is 8.17. The Labute approximate surface area is 125 Å². The first kappa shape index (κ1) is 17.5. The Hall–Kier alpha value is -0.553. The lowest BCUT2D eigenvalue weighted by Gasteiger charge is -2.47. The number of nitrogens with zero attached hydrogens (tertiary/aromatic N) is 2. The van der Waals surface area contributed by atoms with Crippen LogP contribution in [-0.4, -0.2) is 54.5 Å². The molecule has 20 heavy (non-hydrogen) atoms. The third kappa shape index (κ3) is 4.77. The monoisotopic (exact) mass is 300 g/mol. The molecule has 0 saturated carbocycles. The van der Waals surface area contributed by atoms with Crippen LogP contribution < -0.4 is 0 Å². The van der Waals surface area contributed by atoms with Gasteiger partial charge in [-0.05, 0) is 41.0 Å². The molecule has 0 spiro atoms. The molecule has 1 unspecified atom stereocenters. The zero-order valence-corrected chi connectivity index (χ0v) is 15.5. The Morgan fingerprint density at radius 2 is 1.80 bits per heavy atom. The first-order valence-electron chi connectivity index (χ1n) is 7.65. The molecule has 0 aromatic carbocycles. The summed E-state index contributed by atoms with van der Waals surface area (Å²) in [6.45, 7) is 18.9. The van der Waals surface area contributed by atoms with Crippen molar-refractivity contribution < 1.29 is 9.53 Å². The molecule has 1 aliphatic heterocycles. The van der Waals surface area contributed by atoms with Crippen molar-refractivity contribution in [1.82, 2.24) is 9.80 Å². The van der Waals surface area contributed by atoms with E-state index in [4.69, 9.17) is 4.74 Å². The summed E-state index contributed by atoms with van der Waals surface area (Å²) in [6.07, 6.45) is 0.905. The van der Waals surface area contributed by atoms with Gasteiger partial charge in [0, 0.05) is 18.3 Å². The molecule has 0 aliphatic carbocycles. The van der Waals surface area contributed by atoms with E-state index in [9.17, 15) is 4.79 Å². The Morgan fingerprint density at radius 3 is 2.20 bits per heavy atom. The molecule has 1 heterocycles. The second kappa shape index (κ2) is 6.06. The van der Waals surface area contributed by atoms with Crippen molar-refractivity contribution in [3.8, 4) is 0 Å². The highest BCUT2D eigenvalue weighted by atomic mass is 28.3. The minimum atomic E-state index is -1.42. The van der Waals surface area contributed by atoms with Gasteiger partial charge in [0.1, 0.15) is 5.60 Å². The van der Waals surface area contributed by atoms with Gasteiger partial charge in [-0.2, -0.15) is 0 Å². The van der Waals surface area contributed by atoms with Crippen molar-refractivity contribution in [3.63, 3.8) is 0 Å². The Kier molecular flexibility index (Phi) is 5.30. The van der Waals surface area contributed by atoms with Crippen LogP contribution in [0.2, 0.25) is 19.6 Å². The van der Waals surface area contributed by atoms with Crippen molar-refractivity contribution in [2.24, 2.45) is 0 Å². The molecule has 118 valence electrons. The largest absolute Gasteiger partial charge is 0.444 e. The Bertz CT molecular complexity index is 345. The fraction of sp³-hybridized carbons (Fsp3) is 0.933. The number of carbonyl (C=O) groups is 1. The van der Waals surface area contributed by atoms with Crippen molar-refractivity contribution in [2.45, 2.75) is 78.0 Å². The SMILES string of the molecule is CC(C)N1CCC([Si](C)(C)C)N(C(=O)OC(C)(C)C)C1. The summed E-state index contributed by atoms with van der Waals surface area (Å²) in [7, 11) is -1.42. The maximum atomic E-state index is 12.5. The van der Waals surface area contributed by atoms with Crippen molar-refractivity contribution in [1.29, 1.82) is 0 Å². The van der Waals surface area contributed by atoms with Crippen LogP contribution in [0, 0.1) is 0 Å². The second-order valence-corrected chi connectivity index (χ2v) is 13.6. The summed E-state index contributed by atoms with van der Waals surface area (Å²) in [5.41, 5.74) is -0.0615. The first-order valence-corrected chi connectivity index (χ1v) is 11.2. The molecular formula is C15H32N2O2Si. The zero-order valence-electron chi connectivity index (χ0n) is 14.5. The molecule has 1 rings (SSSR count). The fourth-order valence-corrected chi connectivity index (χ4v) is 4.75. The van der Waals surface area contributed by atoms with E-state index in [1.807, 2.05) is 25.7 Å². The first-order chi connectivity index (χ1) is 8.92. The maximum Gasteiger partial charge on any atom is 0.411 e. The van der Waals surface area contributed by atoms with Crippen LogP contribution in [0.25, 0.3) is 0 Å². The minimum Gasteiger partial charge on any atom is -0.444 e. The van der Waals surface area contributed by atoms with Gasteiger partial charge in [-0.3, -0.25) is 9.80 Å². The van der Waals surface area contributed by atoms with Gasteiger partial charge in [0.15, 0.2) is 0 Å². The van der Waals surface area contributed by atoms with Gasteiger partial charge < -0.3 is 4.74 Å². The number of rotatable bonds is 2. The van der Waals surface area contributed by atoms with Crippen LogP contribution in [0.3, 0.4) is 0 Å². The number of hydrogen-bond donors (Lipinski definition) is 0. The third-order valence-electron chi connectivity index (χ3n) is 3.76. The van der Waals surface area contributed by atoms with E-state index >= 15 is 0 Å². The molecule has 0 radical (unpaired) electrons. The summed E-state index contributed by atoms with van der Waals surface area (Å²) in [4.78, 5) is 16.9. The highest BCUT2D eigenvalue weighted by Gasteiger charge is 2.40. The molecule has 1 fully saturated rings. The molecule has 0 aromatic rings. The average Bonchev–Trinajstić information content (AvgIpc) is 2.24. The topological polar surface area (TPSA) is 32.8 Å². The van der Waals surface area contributed by atoms with Crippen molar-refractivity contribution in [2.75, 3.05) is 13.2 Å². The lowest BCUT2D eigenvalue weighted by atomic mass is 10.2. The molecular weight excluding hydrogens is 268 g/mol. The summed E-state index contributed by atoms with van der Waals surface area (Å²) in [5.74, 6) is 0. The number of amides is 1. The average molecular weight is 301 g/mol. The summed E-state index contributed by atoms with van der Waals surface area (Å²) >= 11 is 0. The van der Waals surface area contributed by atoms with E-state index in [0.717, 1.165) is 13.0 Å². The summed E-state index contributed by atoms with van der Waals surface area (Å²) in [6, 6.07) is 0.461. The number of hydrogen-bond acceptors (Lipinski definition) is 3. The van der Waals surface area contributed by atoms with Gasteiger partial charge in [0.05, 0.1) is 14.7 Å². The maximum absolute atomic E-state index is 12.5. The Balaban J connectivity index is 2.90. The van der Waals surface area contributed by atoms with Crippen LogP contribution in [0.5, 0.6) is 0 Å². The van der Waals surface area contributed by atoms with Gasteiger partial charge >= 0.3 is 6.09 Å². The highest BCUT2D eigenvalue weighted by Crippen LogP contribution is 2.26. The smallest absolute Gasteiger partial charge is 0.411 e. The van der Waals surface area contributed by atoms with Crippen LogP contribution in [-0.2, 0) is 4.74 Å². The van der Waals surface area contributed by atoms with Crippen LogP contribution in [0.4, 0.5) is 4.79 Å². The van der Waals surface area contributed by atoms with Crippen LogP contribution >= 0.6 is 0 Å². The molecule has 0 aromatic heterocycles. The number of ether oxygens (including phenoxy) is 1. The zero-order chi connectivity index (χ0) is 15.7. The van der Waals surface area contributed by atoms with E-state index in [1.165, 1.54) is 0 Å². The van der Waals surface area contributed by atoms with Crippen LogP contribution in [0.15, 0.2) is 0 Å². The Morgan fingerprint density at radius 1 is 1.25 bits per heavy atom. The van der Waals surface area contributed by atoms with Gasteiger partial charge in [0.25, 0.3) is 0 Å². The van der Waals surface area contributed by atoms with Gasteiger partial charge in [-0.25, -0.2) is 4.79 Å². The molecule has 5 heteroatoms. The lowest BCUT2D eigenvalue weighted by Crippen LogP contribution is -2.62.